The topological polar surface area (TPSA) is 54.9 Å². The first-order chi connectivity index (χ1) is 10.7. The van der Waals surface area contributed by atoms with Gasteiger partial charge in [-0.1, -0.05) is 44.7 Å². The number of hydrogen-bond donors (Lipinski definition) is 1. The minimum absolute atomic E-state index is 0.0328. The summed E-state index contributed by atoms with van der Waals surface area (Å²) in [7, 11) is 0. The van der Waals surface area contributed by atoms with Crippen molar-refractivity contribution in [3.05, 3.63) is 64.8 Å². The van der Waals surface area contributed by atoms with Crippen LogP contribution in [0.25, 0.3) is 10.4 Å². The molecule has 22 heavy (non-hydrogen) atoms. The highest BCUT2D eigenvalue weighted by molar-refractivity contribution is 9.10. The van der Waals surface area contributed by atoms with Gasteiger partial charge >= 0.3 is 0 Å². The number of carbonyl (C=O) groups excluding carboxylic acids is 1. The van der Waals surface area contributed by atoms with Crippen molar-refractivity contribution in [2.45, 2.75) is 6.42 Å². The third-order valence-electron chi connectivity index (χ3n) is 3.09. The molecule has 0 spiro atoms. The molecule has 3 rings (SSSR count). The number of carbonyl (C=O) groups is 1. The van der Waals surface area contributed by atoms with E-state index in [9.17, 15) is 4.79 Å². The second-order valence-electron chi connectivity index (χ2n) is 4.71. The first-order valence-electron chi connectivity index (χ1n) is 6.63. The van der Waals surface area contributed by atoms with Crippen molar-refractivity contribution in [3.8, 4) is 10.4 Å². The predicted octanol–water partition coefficient (Wildman–Crippen LogP) is 4.15. The first kappa shape index (κ1) is 14.9. The minimum atomic E-state index is -0.0328. The molecule has 1 aromatic heterocycles. The van der Waals surface area contributed by atoms with Crippen LogP contribution in [0, 0.1) is 0 Å². The van der Waals surface area contributed by atoms with E-state index in [1.807, 2.05) is 48.5 Å². The number of nitrogens with one attached hydrogen (secondary N) is 1. The van der Waals surface area contributed by atoms with Crippen molar-refractivity contribution < 1.29 is 4.79 Å². The number of anilines is 1. The second-order valence-corrected chi connectivity index (χ2v) is 6.41. The summed E-state index contributed by atoms with van der Waals surface area (Å²) in [6.45, 7) is 0. The lowest BCUT2D eigenvalue weighted by molar-refractivity contribution is -0.115. The van der Waals surface area contributed by atoms with Gasteiger partial charge in [-0.15, -0.1) is 5.10 Å². The van der Waals surface area contributed by atoms with E-state index in [0.29, 0.717) is 6.42 Å². The van der Waals surface area contributed by atoms with Crippen molar-refractivity contribution in [2.24, 2.45) is 0 Å². The maximum atomic E-state index is 12.0. The number of hydrogen-bond acceptors (Lipinski definition) is 4. The van der Waals surface area contributed by atoms with Crippen LogP contribution in [0.3, 0.4) is 0 Å². The Morgan fingerprint density at radius 2 is 1.82 bits per heavy atom. The van der Waals surface area contributed by atoms with E-state index in [2.05, 4.69) is 30.8 Å². The summed E-state index contributed by atoms with van der Waals surface area (Å²) in [5.74, 6) is -0.0328. The number of nitrogens with zero attached hydrogens (tertiary/aromatic N) is 2. The lowest BCUT2D eigenvalue weighted by atomic mass is 10.1. The van der Waals surface area contributed by atoms with Crippen LogP contribution in [0.1, 0.15) is 5.56 Å². The van der Waals surface area contributed by atoms with Gasteiger partial charge in [0.05, 0.1) is 17.5 Å². The molecule has 6 heteroatoms. The Labute approximate surface area is 140 Å². The molecule has 0 aliphatic carbocycles. The highest BCUT2D eigenvalue weighted by Gasteiger charge is 2.05. The highest BCUT2D eigenvalue weighted by Crippen LogP contribution is 2.23. The van der Waals surface area contributed by atoms with Crippen LogP contribution in [-0.2, 0) is 11.2 Å². The van der Waals surface area contributed by atoms with Crippen LogP contribution in [0.15, 0.2) is 59.2 Å². The molecule has 0 saturated carbocycles. The number of amides is 1. The molecule has 2 aromatic carbocycles. The number of benzene rings is 2. The first-order valence-corrected chi connectivity index (χ1v) is 8.19. The van der Waals surface area contributed by atoms with Gasteiger partial charge in [0, 0.05) is 10.2 Å². The van der Waals surface area contributed by atoms with Crippen LogP contribution < -0.4 is 5.32 Å². The molecule has 4 nitrogen and oxygen atoms in total. The monoisotopic (exact) mass is 373 g/mol. The molecule has 3 aromatic rings. The smallest absolute Gasteiger partial charge is 0.228 e. The number of halogens is 1. The van der Waals surface area contributed by atoms with E-state index >= 15 is 0 Å². The van der Waals surface area contributed by atoms with E-state index < -0.39 is 0 Å². The summed E-state index contributed by atoms with van der Waals surface area (Å²) in [6.07, 6.45) is 2.08. The van der Waals surface area contributed by atoms with Crippen molar-refractivity contribution in [2.75, 3.05) is 5.32 Å². The van der Waals surface area contributed by atoms with Gasteiger partial charge in [0.25, 0.3) is 0 Å². The molecule has 1 heterocycles. The molecule has 0 fully saturated rings. The maximum absolute atomic E-state index is 12.0. The summed E-state index contributed by atoms with van der Waals surface area (Å²) < 4.78 is 4.85. The molecule has 0 radical (unpaired) electrons. The summed E-state index contributed by atoms with van der Waals surface area (Å²) in [5, 5.41) is 6.72. The van der Waals surface area contributed by atoms with Gasteiger partial charge in [-0.3, -0.25) is 4.79 Å². The lowest BCUT2D eigenvalue weighted by Crippen LogP contribution is -2.14. The fraction of sp³-hybridized carbons (Fsp3) is 0.0625. The quantitative estimate of drug-likeness (QED) is 0.747. The fourth-order valence-electron chi connectivity index (χ4n) is 2.01. The Kier molecular flexibility index (Phi) is 4.60. The van der Waals surface area contributed by atoms with Crippen molar-refractivity contribution >= 4 is 39.1 Å². The zero-order valence-corrected chi connectivity index (χ0v) is 13.9. The Morgan fingerprint density at radius 1 is 1.09 bits per heavy atom. The maximum Gasteiger partial charge on any atom is 0.228 e. The third kappa shape index (κ3) is 3.78. The predicted molar refractivity (Wildman–Crippen MR) is 91.8 cm³/mol. The summed E-state index contributed by atoms with van der Waals surface area (Å²) in [4.78, 5) is 13.0. The summed E-state index contributed by atoms with van der Waals surface area (Å²) in [5.41, 5.74) is 2.80. The highest BCUT2D eigenvalue weighted by atomic mass is 79.9. The Morgan fingerprint density at radius 3 is 2.45 bits per heavy atom. The average molecular weight is 374 g/mol. The van der Waals surface area contributed by atoms with Crippen LogP contribution in [0.2, 0.25) is 0 Å². The second kappa shape index (κ2) is 6.81. The number of rotatable bonds is 4. The average Bonchev–Trinajstić information content (AvgIpc) is 3.05. The van der Waals surface area contributed by atoms with Gasteiger partial charge < -0.3 is 5.32 Å². The third-order valence-corrected chi connectivity index (χ3v) is 4.33. The largest absolute Gasteiger partial charge is 0.326 e. The molecule has 0 atom stereocenters. The van der Waals surface area contributed by atoms with Crippen LogP contribution in [-0.4, -0.2) is 15.5 Å². The van der Waals surface area contributed by atoms with E-state index in [4.69, 9.17) is 0 Å². The fourth-order valence-corrected chi connectivity index (χ4v) is 2.79. The molecule has 1 N–H and O–H groups in total. The van der Waals surface area contributed by atoms with E-state index in [-0.39, 0.29) is 5.91 Å². The van der Waals surface area contributed by atoms with Crippen molar-refractivity contribution in [3.63, 3.8) is 0 Å². The van der Waals surface area contributed by atoms with Gasteiger partial charge in [-0.05, 0) is 46.9 Å². The summed E-state index contributed by atoms with van der Waals surface area (Å²) >= 11 is 4.73. The SMILES string of the molecule is O=C(Cc1ccc(Br)cc1)Nc1ccc(-c2cnns2)cc1. The van der Waals surface area contributed by atoms with Gasteiger partial charge in [0.2, 0.25) is 5.91 Å². The lowest BCUT2D eigenvalue weighted by Gasteiger charge is -2.06. The minimum Gasteiger partial charge on any atom is -0.326 e. The molecule has 0 saturated heterocycles. The Balaban J connectivity index is 1.63. The normalized spacial score (nSPS) is 10.4. The Bertz CT molecular complexity index is 755. The van der Waals surface area contributed by atoms with Gasteiger partial charge in [0.15, 0.2) is 0 Å². The molecular formula is C16H12BrN3OS. The van der Waals surface area contributed by atoms with Gasteiger partial charge in [-0.25, -0.2) is 0 Å². The summed E-state index contributed by atoms with van der Waals surface area (Å²) in [6, 6.07) is 15.4. The molecule has 0 aliphatic rings. The molecule has 0 unspecified atom stereocenters. The van der Waals surface area contributed by atoms with Crippen molar-refractivity contribution in [1.29, 1.82) is 0 Å². The van der Waals surface area contributed by atoms with Crippen molar-refractivity contribution in [1.82, 2.24) is 9.59 Å². The number of aromatic nitrogens is 2. The molecule has 1 amide bonds. The zero-order valence-electron chi connectivity index (χ0n) is 11.5. The Hall–Kier alpha value is -2.05. The molecule has 110 valence electrons. The molecule has 0 aliphatic heterocycles. The van der Waals surface area contributed by atoms with E-state index in [1.54, 1.807) is 6.20 Å². The van der Waals surface area contributed by atoms with Crippen LogP contribution >= 0.6 is 27.5 Å². The van der Waals surface area contributed by atoms with Crippen LogP contribution in [0.4, 0.5) is 5.69 Å². The zero-order chi connectivity index (χ0) is 15.4. The van der Waals surface area contributed by atoms with Gasteiger partial charge in [0.1, 0.15) is 0 Å². The van der Waals surface area contributed by atoms with Gasteiger partial charge in [-0.2, -0.15) is 0 Å². The molecular weight excluding hydrogens is 362 g/mol. The standard InChI is InChI=1S/C16H12BrN3OS/c17-13-5-1-11(2-6-13)9-16(21)19-14-7-3-12(4-8-14)15-10-18-20-22-15/h1-8,10H,9H2,(H,19,21). The van der Waals surface area contributed by atoms with E-state index in [0.717, 1.165) is 26.2 Å². The molecule has 0 bridgehead atoms. The van der Waals surface area contributed by atoms with E-state index in [1.165, 1.54) is 11.5 Å². The van der Waals surface area contributed by atoms with Crippen LogP contribution in [0.5, 0.6) is 0 Å².